The van der Waals surface area contributed by atoms with Crippen molar-refractivity contribution in [2.45, 2.75) is 10.2 Å². The van der Waals surface area contributed by atoms with Crippen LogP contribution in [0.5, 0.6) is 0 Å². The maximum atomic E-state index is 10.8. The van der Waals surface area contributed by atoms with Gasteiger partial charge in [-0.3, -0.25) is 4.79 Å². The van der Waals surface area contributed by atoms with Crippen LogP contribution in [0, 0.1) is 0 Å². The van der Waals surface area contributed by atoms with Gasteiger partial charge >= 0.3 is 0 Å². The summed E-state index contributed by atoms with van der Waals surface area (Å²) >= 11 is 1.38. The van der Waals surface area contributed by atoms with E-state index in [-0.39, 0.29) is 0 Å². The molecule has 0 aliphatic carbocycles. The second kappa shape index (κ2) is 4.27. The zero-order valence-electron chi connectivity index (χ0n) is 8.12. The molecule has 2 rings (SSSR count). The minimum Gasteiger partial charge on any atom is -0.329 e. The number of hydrogen-bond acceptors (Lipinski definition) is 4. The summed E-state index contributed by atoms with van der Waals surface area (Å²) in [5.41, 5.74) is 0.588. The number of hydrogen-bond donors (Lipinski definition) is 0. The van der Waals surface area contributed by atoms with Crippen LogP contribution >= 0.6 is 11.8 Å². The van der Waals surface area contributed by atoms with E-state index in [0.29, 0.717) is 10.6 Å². The molecule has 0 bridgehead atoms. The van der Waals surface area contributed by atoms with Gasteiger partial charge in [0.1, 0.15) is 5.03 Å². The minimum absolute atomic E-state index is 0.588. The van der Waals surface area contributed by atoms with E-state index in [0.717, 1.165) is 11.4 Å². The molecule has 0 spiro atoms. The van der Waals surface area contributed by atoms with Crippen LogP contribution in [0.3, 0.4) is 0 Å². The highest BCUT2D eigenvalue weighted by atomic mass is 32.2. The fourth-order valence-corrected chi connectivity index (χ4v) is 1.95. The van der Waals surface area contributed by atoms with Crippen molar-refractivity contribution in [2.24, 2.45) is 7.05 Å². The van der Waals surface area contributed by atoms with Gasteiger partial charge in [-0.25, -0.2) is 9.97 Å². The number of rotatable bonds is 3. The smallest absolute Gasteiger partial charge is 0.174 e. The first-order chi connectivity index (χ1) is 7.31. The molecule has 0 aliphatic rings. The van der Waals surface area contributed by atoms with Gasteiger partial charge in [-0.05, 0) is 23.9 Å². The third kappa shape index (κ3) is 2.07. The summed E-state index contributed by atoms with van der Waals surface area (Å²) in [6.07, 6.45) is 6.04. The van der Waals surface area contributed by atoms with Crippen molar-refractivity contribution >= 4 is 18.0 Å². The topological polar surface area (TPSA) is 47.8 Å². The molecule has 0 aromatic carbocycles. The van der Waals surface area contributed by atoms with Crippen LogP contribution in [0.25, 0.3) is 0 Å². The van der Waals surface area contributed by atoms with Crippen molar-refractivity contribution in [1.82, 2.24) is 14.5 Å². The van der Waals surface area contributed by atoms with Gasteiger partial charge in [0, 0.05) is 31.2 Å². The Bertz CT molecular complexity index is 481. The molecule has 5 heteroatoms. The van der Waals surface area contributed by atoms with Crippen LogP contribution in [0.1, 0.15) is 10.4 Å². The van der Waals surface area contributed by atoms with E-state index in [9.17, 15) is 4.79 Å². The number of imidazole rings is 1. The second-order valence-electron chi connectivity index (χ2n) is 2.94. The molecule has 15 heavy (non-hydrogen) atoms. The fourth-order valence-electron chi connectivity index (χ4n) is 1.11. The normalized spacial score (nSPS) is 10.2. The van der Waals surface area contributed by atoms with Gasteiger partial charge in [0.05, 0.1) is 0 Å². The molecule has 76 valence electrons. The zero-order chi connectivity index (χ0) is 10.7. The van der Waals surface area contributed by atoms with Gasteiger partial charge < -0.3 is 4.57 Å². The van der Waals surface area contributed by atoms with Gasteiger partial charge in [0.15, 0.2) is 11.4 Å². The van der Waals surface area contributed by atoms with E-state index < -0.39 is 0 Å². The van der Waals surface area contributed by atoms with Crippen LogP contribution < -0.4 is 0 Å². The van der Waals surface area contributed by atoms with Crippen LogP contribution in [-0.4, -0.2) is 20.8 Å². The Morgan fingerprint density at radius 2 is 2.27 bits per heavy atom. The number of carbonyl (C=O) groups is 1. The SMILES string of the molecule is Cn1ccnc1Sc1ncccc1C=O. The lowest BCUT2D eigenvalue weighted by Crippen LogP contribution is -1.92. The Morgan fingerprint density at radius 3 is 2.93 bits per heavy atom. The highest BCUT2D eigenvalue weighted by Gasteiger charge is 2.07. The van der Waals surface area contributed by atoms with Crippen molar-refractivity contribution in [3.63, 3.8) is 0 Å². The highest BCUT2D eigenvalue weighted by Crippen LogP contribution is 2.25. The molecule has 0 fully saturated rings. The maximum Gasteiger partial charge on any atom is 0.174 e. The lowest BCUT2D eigenvalue weighted by atomic mass is 10.3. The molecular formula is C10H9N3OS. The summed E-state index contributed by atoms with van der Waals surface area (Å²) in [6.45, 7) is 0. The van der Waals surface area contributed by atoms with Gasteiger partial charge in [-0.2, -0.15) is 0 Å². The van der Waals surface area contributed by atoms with Gasteiger partial charge in [0.2, 0.25) is 0 Å². The Morgan fingerprint density at radius 1 is 1.40 bits per heavy atom. The number of carbonyl (C=O) groups excluding carboxylic acids is 1. The highest BCUT2D eigenvalue weighted by molar-refractivity contribution is 7.99. The van der Waals surface area contributed by atoms with Gasteiger partial charge in [0.25, 0.3) is 0 Å². The summed E-state index contributed by atoms with van der Waals surface area (Å²) in [5.74, 6) is 0. The van der Waals surface area contributed by atoms with Gasteiger partial charge in [-0.15, -0.1) is 0 Å². The van der Waals surface area contributed by atoms with E-state index in [4.69, 9.17) is 0 Å². The maximum absolute atomic E-state index is 10.8. The lowest BCUT2D eigenvalue weighted by Gasteiger charge is -2.02. The molecule has 0 radical (unpaired) electrons. The Balaban J connectivity index is 2.32. The molecule has 4 nitrogen and oxygen atoms in total. The fraction of sp³-hybridized carbons (Fsp3) is 0.100. The van der Waals surface area contributed by atoms with Crippen molar-refractivity contribution in [2.75, 3.05) is 0 Å². The molecule has 2 heterocycles. The quantitative estimate of drug-likeness (QED) is 0.738. The summed E-state index contributed by atoms with van der Waals surface area (Å²) in [7, 11) is 1.90. The summed E-state index contributed by atoms with van der Waals surface area (Å²) in [6, 6.07) is 3.48. The average molecular weight is 219 g/mol. The number of aldehydes is 1. The van der Waals surface area contributed by atoms with E-state index in [1.54, 1.807) is 24.5 Å². The molecular weight excluding hydrogens is 210 g/mol. The molecule has 0 saturated heterocycles. The zero-order valence-corrected chi connectivity index (χ0v) is 8.94. The lowest BCUT2D eigenvalue weighted by molar-refractivity contribution is 0.112. The van der Waals surface area contributed by atoms with E-state index in [1.807, 2.05) is 17.8 Å². The predicted molar refractivity (Wildman–Crippen MR) is 57.0 cm³/mol. The predicted octanol–water partition coefficient (Wildman–Crippen LogP) is 1.78. The summed E-state index contributed by atoms with van der Waals surface area (Å²) < 4.78 is 1.88. The Labute approximate surface area is 91.4 Å². The van der Waals surface area contributed by atoms with Crippen molar-refractivity contribution in [1.29, 1.82) is 0 Å². The van der Waals surface area contributed by atoms with Gasteiger partial charge in [-0.1, -0.05) is 0 Å². The van der Waals surface area contributed by atoms with Crippen LogP contribution in [-0.2, 0) is 7.05 Å². The summed E-state index contributed by atoms with van der Waals surface area (Å²) in [4.78, 5) is 19.1. The summed E-state index contributed by atoms with van der Waals surface area (Å²) in [5, 5.41) is 1.50. The molecule has 2 aromatic heterocycles. The number of aryl methyl sites for hydroxylation is 1. The monoisotopic (exact) mass is 219 g/mol. The van der Waals surface area contributed by atoms with E-state index in [1.165, 1.54) is 11.8 Å². The molecule has 0 amide bonds. The van der Waals surface area contributed by atoms with Crippen molar-refractivity contribution in [3.05, 3.63) is 36.3 Å². The Kier molecular flexibility index (Phi) is 2.82. The van der Waals surface area contributed by atoms with E-state index >= 15 is 0 Å². The molecule has 0 saturated carbocycles. The standard InChI is InChI=1S/C10H9N3OS/c1-13-6-5-12-10(13)15-9-8(7-14)3-2-4-11-9/h2-7H,1H3. The molecule has 0 atom stereocenters. The largest absolute Gasteiger partial charge is 0.329 e. The van der Waals surface area contributed by atoms with Crippen LogP contribution in [0.4, 0.5) is 0 Å². The molecule has 0 N–H and O–H groups in total. The third-order valence-electron chi connectivity index (χ3n) is 1.89. The minimum atomic E-state index is 0.588. The number of nitrogens with zero attached hydrogens (tertiary/aromatic N) is 3. The number of aromatic nitrogens is 3. The van der Waals surface area contributed by atoms with Crippen molar-refractivity contribution in [3.8, 4) is 0 Å². The second-order valence-corrected chi connectivity index (χ2v) is 3.89. The molecule has 0 aliphatic heterocycles. The van der Waals surface area contributed by atoms with Crippen LogP contribution in [0.15, 0.2) is 40.9 Å². The third-order valence-corrected chi connectivity index (χ3v) is 3.00. The first kappa shape index (κ1) is 9.92. The number of pyridine rings is 1. The molecule has 0 unspecified atom stereocenters. The van der Waals surface area contributed by atoms with Crippen LogP contribution in [0.2, 0.25) is 0 Å². The first-order valence-electron chi connectivity index (χ1n) is 4.36. The van der Waals surface area contributed by atoms with Crippen molar-refractivity contribution < 1.29 is 4.79 Å². The Hall–Kier alpha value is -1.62. The average Bonchev–Trinajstić information content (AvgIpc) is 2.65. The molecule has 2 aromatic rings. The first-order valence-corrected chi connectivity index (χ1v) is 5.18. The van der Waals surface area contributed by atoms with E-state index in [2.05, 4.69) is 9.97 Å².